The number of phosphoric acid groups is 1. The summed E-state index contributed by atoms with van der Waals surface area (Å²) in [7, 11) is -4.42. The fourth-order valence-electron chi connectivity index (χ4n) is 3.62. The van der Waals surface area contributed by atoms with E-state index in [9.17, 15) is 14.2 Å². The average Bonchev–Trinajstić information content (AvgIpc) is 2.78. The predicted octanol–water partition coefficient (Wildman–Crippen LogP) is 4.44. The number of esters is 1. The van der Waals surface area contributed by atoms with E-state index in [1.165, 1.54) is 6.92 Å². The molecule has 0 bridgehead atoms. The quantitative estimate of drug-likeness (QED) is 0.398. The zero-order valence-electron chi connectivity index (χ0n) is 19.1. The van der Waals surface area contributed by atoms with Crippen molar-refractivity contribution in [2.75, 3.05) is 0 Å². The molecular weight excluding hydrogens is 465 g/mol. The number of ether oxygens (including phenoxy) is 3. The Morgan fingerprint density at radius 1 is 0.941 bits per heavy atom. The van der Waals surface area contributed by atoms with Gasteiger partial charge in [0.2, 0.25) is 6.29 Å². The van der Waals surface area contributed by atoms with Crippen molar-refractivity contribution in [2.24, 2.45) is 11.7 Å². The molecule has 2 aromatic carbocycles. The maximum Gasteiger partial charge on any atom is 0.590 e. The second-order valence-corrected chi connectivity index (χ2v) is 9.12. The maximum absolute atomic E-state index is 13.8. The summed E-state index contributed by atoms with van der Waals surface area (Å²) in [6.07, 6.45) is -4.82. The van der Waals surface area contributed by atoms with Crippen LogP contribution in [0.1, 0.15) is 27.2 Å². The van der Waals surface area contributed by atoms with Crippen molar-refractivity contribution >= 4 is 19.9 Å². The summed E-state index contributed by atoms with van der Waals surface area (Å²) in [5, 5.41) is 0. The molecule has 184 valence electrons. The highest BCUT2D eigenvalue weighted by atomic mass is 31.2. The Bertz CT molecular complexity index is 959. The van der Waals surface area contributed by atoms with E-state index in [0.29, 0.717) is 6.42 Å². The first-order valence-electron chi connectivity index (χ1n) is 10.8. The number of nitrogens with two attached hydrogens (primary N) is 1. The molecule has 11 heteroatoms. The van der Waals surface area contributed by atoms with Gasteiger partial charge in [0.1, 0.15) is 11.5 Å². The number of amides is 1. The third kappa shape index (κ3) is 6.72. The van der Waals surface area contributed by atoms with Crippen molar-refractivity contribution in [3.63, 3.8) is 0 Å². The summed E-state index contributed by atoms with van der Waals surface area (Å²) in [6.45, 7) is 4.79. The number of benzene rings is 2. The molecule has 34 heavy (non-hydrogen) atoms. The van der Waals surface area contributed by atoms with Crippen molar-refractivity contribution in [1.82, 2.24) is 0 Å². The SMILES string of the molecule is CC[C@H]1OC(OP(=O)(Oc2ccccc2)Oc2ccccc2)[C@@H](OC(C)=O)[C@@H](OC(N)=O)[C@@H]1C. The van der Waals surface area contributed by atoms with Crippen molar-refractivity contribution in [2.45, 2.75) is 51.8 Å². The molecule has 0 spiro atoms. The standard InChI is InChI=1S/C23H28NO9P/c1-4-19-15(2)20(30-23(24)26)21(28-16(3)25)22(29-19)33-34(27,31-17-11-7-5-8-12-17)32-18-13-9-6-10-14-18/h5-15,19-22H,4H2,1-3H3,(H2,24,26)/t15-,19-,20+,21+,22?/m1/s1. The van der Waals surface area contributed by atoms with Crippen LogP contribution in [0.25, 0.3) is 0 Å². The van der Waals surface area contributed by atoms with Gasteiger partial charge in [0.25, 0.3) is 0 Å². The highest BCUT2D eigenvalue weighted by molar-refractivity contribution is 7.49. The third-order valence-corrected chi connectivity index (χ3v) is 6.45. The van der Waals surface area contributed by atoms with E-state index < -0.39 is 50.4 Å². The molecule has 1 aliphatic rings. The van der Waals surface area contributed by atoms with E-state index in [0.717, 1.165) is 0 Å². The van der Waals surface area contributed by atoms with Crippen molar-refractivity contribution in [1.29, 1.82) is 0 Å². The molecule has 5 atom stereocenters. The summed E-state index contributed by atoms with van der Waals surface area (Å²) < 4.78 is 47.5. The highest BCUT2D eigenvalue weighted by Crippen LogP contribution is 2.52. The van der Waals surface area contributed by atoms with Crippen LogP contribution in [-0.2, 0) is 28.1 Å². The molecule has 1 heterocycles. The van der Waals surface area contributed by atoms with Crippen LogP contribution >= 0.6 is 7.82 Å². The molecule has 1 saturated heterocycles. The van der Waals surface area contributed by atoms with Crippen molar-refractivity contribution < 1.29 is 41.9 Å². The molecule has 0 radical (unpaired) electrons. The van der Waals surface area contributed by atoms with E-state index in [1.54, 1.807) is 67.6 Å². The topological polar surface area (TPSA) is 133 Å². The fourth-order valence-corrected chi connectivity index (χ4v) is 4.93. The van der Waals surface area contributed by atoms with Gasteiger partial charge in [-0.15, -0.1) is 0 Å². The molecule has 1 unspecified atom stereocenters. The Morgan fingerprint density at radius 2 is 1.47 bits per heavy atom. The van der Waals surface area contributed by atoms with E-state index in [1.807, 2.05) is 6.92 Å². The van der Waals surface area contributed by atoms with E-state index in [4.69, 9.17) is 33.5 Å². The molecule has 0 saturated carbocycles. The van der Waals surface area contributed by atoms with Gasteiger partial charge in [0.15, 0.2) is 12.2 Å². The van der Waals surface area contributed by atoms with Crippen LogP contribution in [-0.4, -0.2) is 36.7 Å². The minimum atomic E-state index is -4.42. The van der Waals surface area contributed by atoms with E-state index in [2.05, 4.69) is 0 Å². The normalized spacial score (nSPS) is 24.6. The monoisotopic (exact) mass is 493 g/mol. The lowest BCUT2D eigenvalue weighted by Crippen LogP contribution is -2.57. The molecule has 2 N–H and O–H groups in total. The van der Waals surface area contributed by atoms with Crippen molar-refractivity contribution in [3.8, 4) is 11.5 Å². The Balaban J connectivity index is 1.96. The number of primary amides is 1. The Hall–Kier alpha value is -3.07. The molecule has 1 fully saturated rings. The second-order valence-electron chi connectivity index (χ2n) is 7.65. The van der Waals surface area contributed by atoms with Crippen LogP contribution < -0.4 is 14.8 Å². The first-order chi connectivity index (χ1) is 16.2. The predicted molar refractivity (Wildman–Crippen MR) is 121 cm³/mol. The van der Waals surface area contributed by atoms with Gasteiger partial charge in [-0.3, -0.25) is 4.79 Å². The molecule has 10 nitrogen and oxygen atoms in total. The van der Waals surface area contributed by atoms with Crippen LogP contribution in [0.15, 0.2) is 60.7 Å². The lowest BCUT2D eigenvalue weighted by molar-refractivity contribution is -0.264. The summed E-state index contributed by atoms with van der Waals surface area (Å²) in [5.74, 6) is -0.671. The Morgan fingerprint density at radius 3 is 1.91 bits per heavy atom. The summed E-state index contributed by atoms with van der Waals surface area (Å²) >= 11 is 0. The van der Waals surface area contributed by atoms with E-state index in [-0.39, 0.29) is 11.5 Å². The fraction of sp³-hybridized carbons (Fsp3) is 0.391. The molecule has 0 aromatic heterocycles. The minimum absolute atomic E-state index is 0.215. The Kier molecular flexibility index (Phi) is 8.55. The van der Waals surface area contributed by atoms with Gasteiger partial charge in [-0.05, 0) is 30.7 Å². The molecule has 1 amide bonds. The number of phosphoric ester groups is 1. The van der Waals surface area contributed by atoms with Crippen LogP contribution in [0.5, 0.6) is 11.5 Å². The van der Waals surface area contributed by atoms with Gasteiger partial charge in [0, 0.05) is 12.8 Å². The first kappa shape index (κ1) is 25.6. The number of rotatable bonds is 9. The van der Waals surface area contributed by atoms with E-state index >= 15 is 0 Å². The van der Waals surface area contributed by atoms with Gasteiger partial charge in [-0.1, -0.05) is 50.2 Å². The Labute approximate surface area is 197 Å². The van der Waals surface area contributed by atoms with Gasteiger partial charge >= 0.3 is 19.9 Å². The molecule has 1 aliphatic heterocycles. The lowest BCUT2D eigenvalue weighted by Gasteiger charge is -2.43. The van der Waals surface area contributed by atoms with Crippen LogP contribution in [0.3, 0.4) is 0 Å². The molecule has 3 rings (SSSR count). The van der Waals surface area contributed by atoms with Gasteiger partial charge < -0.3 is 29.0 Å². The average molecular weight is 493 g/mol. The smallest absolute Gasteiger partial charge is 0.453 e. The summed E-state index contributed by atoms with van der Waals surface area (Å²) in [6, 6.07) is 16.6. The molecular formula is C23H28NO9P. The van der Waals surface area contributed by atoms with Crippen LogP contribution in [0.4, 0.5) is 4.79 Å². The number of hydrogen-bond acceptors (Lipinski definition) is 9. The second kappa shape index (κ2) is 11.4. The van der Waals surface area contributed by atoms with Crippen LogP contribution in [0.2, 0.25) is 0 Å². The molecule has 2 aromatic rings. The summed E-state index contributed by atoms with van der Waals surface area (Å²) in [4.78, 5) is 23.4. The number of para-hydroxylation sites is 2. The van der Waals surface area contributed by atoms with Gasteiger partial charge in [-0.25, -0.2) is 13.9 Å². The van der Waals surface area contributed by atoms with Gasteiger partial charge in [-0.2, -0.15) is 0 Å². The number of hydrogen-bond donors (Lipinski definition) is 1. The highest BCUT2D eigenvalue weighted by Gasteiger charge is 2.51. The van der Waals surface area contributed by atoms with Crippen LogP contribution in [0, 0.1) is 5.92 Å². The zero-order valence-corrected chi connectivity index (χ0v) is 20.0. The summed E-state index contributed by atoms with van der Waals surface area (Å²) in [5.41, 5.74) is 5.26. The lowest BCUT2D eigenvalue weighted by atomic mass is 9.89. The molecule has 0 aliphatic carbocycles. The van der Waals surface area contributed by atoms with Crippen molar-refractivity contribution in [3.05, 3.63) is 60.7 Å². The third-order valence-electron chi connectivity index (χ3n) is 5.12. The largest absolute Gasteiger partial charge is 0.590 e. The minimum Gasteiger partial charge on any atom is -0.453 e. The number of carbonyl (C=O) groups is 2. The van der Waals surface area contributed by atoms with Gasteiger partial charge in [0.05, 0.1) is 6.10 Å². The number of carbonyl (C=O) groups excluding carboxylic acids is 2. The first-order valence-corrected chi connectivity index (χ1v) is 12.2. The maximum atomic E-state index is 13.8. The zero-order chi connectivity index (χ0) is 24.7.